The summed E-state index contributed by atoms with van der Waals surface area (Å²) in [5.74, 6) is -0.886. The molecular weight excluding hydrogens is 267 g/mol. The van der Waals surface area contributed by atoms with Gasteiger partial charge in [-0.05, 0) is 24.3 Å². The van der Waals surface area contributed by atoms with Gasteiger partial charge in [-0.1, -0.05) is 12.2 Å². The molecule has 1 heterocycles. The third kappa shape index (κ3) is 2.94. The van der Waals surface area contributed by atoms with E-state index in [1.54, 1.807) is 19.3 Å². The molecule has 0 atom stereocenters. The van der Waals surface area contributed by atoms with Crippen molar-refractivity contribution >= 4 is 28.8 Å². The summed E-state index contributed by atoms with van der Waals surface area (Å²) in [5.41, 5.74) is 6.37. The zero-order valence-corrected chi connectivity index (χ0v) is 10.9. The van der Waals surface area contributed by atoms with E-state index in [0.29, 0.717) is 5.69 Å². The number of carbonyl (C=O) groups is 1. The van der Waals surface area contributed by atoms with Crippen molar-refractivity contribution in [2.75, 3.05) is 5.32 Å². The van der Waals surface area contributed by atoms with Gasteiger partial charge in [-0.25, -0.2) is 4.39 Å². The van der Waals surface area contributed by atoms with Gasteiger partial charge in [-0.15, -0.1) is 0 Å². The number of amides is 1. The first kappa shape index (κ1) is 13.2. The SMILES string of the molecule is Cn1ccc(C(=O)Nc2ccc(F)cc2C(N)=S)n1. The van der Waals surface area contributed by atoms with E-state index in [2.05, 4.69) is 10.4 Å². The summed E-state index contributed by atoms with van der Waals surface area (Å²) in [6.45, 7) is 0. The number of halogens is 1. The van der Waals surface area contributed by atoms with Gasteiger partial charge < -0.3 is 11.1 Å². The van der Waals surface area contributed by atoms with Crippen LogP contribution < -0.4 is 11.1 Å². The zero-order valence-electron chi connectivity index (χ0n) is 10.1. The van der Waals surface area contributed by atoms with E-state index in [0.717, 1.165) is 0 Å². The standard InChI is InChI=1S/C12H11FN4OS/c1-17-5-4-10(16-17)12(18)15-9-3-2-7(13)6-8(9)11(14)19/h2-6H,1H3,(H2,14,19)(H,15,18). The molecule has 0 unspecified atom stereocenters. The van der Waals surface area contributed by atoms with Crippen LogP contribution in [0.15, 0.2) is 30.5 Å². The molecule has 0 fully saturated rings. The Morgan fingerprint density at radius 2 is 2.21 bits per heavy atom. The monoisotopic (exact) mass is 278 g/mol. The van der Waals surface area contributed by atoms with Crippen molar-refractivity contribution in [1.82, 2.24) is 9.78 Å². The van der Waals surface area contributed by atoms with E-state index in [-0.39, 0.29) is 16.2 Å². The number of thiocarbonyl (C=S) groups is 1. The first-order chi connectivity index (χ1) is 8.97. The van der Waals surface area contributed by atoms with Gasteiger partial charge in [0.2, 0.25) is 0 Å². The van der Waals surface area contributed by atoms with E-state index in [4.69, 9.17) is 18.0 Å². The summed E-state index contributed by atoms with van der Waals surface area (Å²) in [7, 11) is 1.70. The maximum absolute atomic E-state index is 13.1. The van der Waals surface area contributed by atoms with E-state index >= 15 is 0 Å². The second-order valence-electron chi connectivity index (χ2n) is 3.88. The van der Waals surface area contributed by atoms with Gasteiger partial charge in [0.05, 0.1) is 5.69 Å². The Morgan fingerprint density at radius 3 is 2.79 bits per heavy atom. The van der Waals surface area contributed by atoms with E-state index in [9.17, 15) is 9.18 Å². The highest BCUT2D eigenvalue weighted by atomic mass is 32.1. The third-order valence-electron chi connectivity index (χ3n) is 2.44. The molecule has 0 radical (unpaired) electrons. The minimum atomic E-state index is -0.473. The third-order valence-corrected chi connectivity index (χ3v) is 2.66. The molecule has 3 N–H and O–H groups in total. The molecule has 7 heteroatoms. The minimum Gasteiger partial charge on any atom is -0.389 e. The Labute approximate surface area is 114 Å². The predicted molar refractivity (Wildman–Crippen MR) is 73.4 cm³/mol. The molecule has 0 spiro atoms. The predicted octanol–water partition coefficient (Wildman–Crippen LogP) is 1.45. The highest BCUT2D eigenvalue weighted by Crippen LogP contribution is 2.17. The summed E-state index contributed by atoms with van der Waals surface area (Å²) >= 11 is 4.82. The van der Waals surface area contributed by atoms with E-state index < -0.39 is 11.7 Å². The Morgan fingerprint density at radius 1 is 1.47 bits per heavy atom. The number of aromatic nitrogens is 2. The molecule has 0 saturated carbocycles. The van der Waals surface area contributed by atoms with Gasteiger partial charge in [0.15, 0.2) is 5.69 Å². The lowest BCUT2D eigenvalue weighted by atomic mass is 10.1. The maximum Gasteiger partial charge on any atom is 0.276 e. The molecule has 0 aliphatic carbocycles. The molecule has 1 aromatic heterocycles. The number of hydrogen-bond donors (Lipinski definition) is 2. The van der Waals surface area contributed by atoms with Crippen molar-refractivity contribution in [1.29, 1.82) is 0 Å². The van der Waals surface area contributed by atoms with Crippen LogP contribution >= 0.6 is 12.2 Å². The summed E-state index contributed by atoms with van der Waals surface area (Å²) in [6, 6.07) is 5.37. The second kappa shape index (κ2) is 5.15. The van der Waals surface area contributed by atoms with Gasteiger partial charge in [-0.3, -0.25) is 9.48 Å². The fourth-order valence-electron chi connectivity index (χ4n) is 1.55. The van der Waals surface area contributed by atoms with Crippen LogP contribution in [0.2, 0.25) is 0 Å². The number of aryl methyl sites for hydroxylation is 1. The first-order valence-electron chi connectivity index (χ1n) is 5.37. The molecule has 2 rings (SSSR count). The number of hydrogen-bond acceptors (Lipinski definition) is 3. The van der Waals surface area contributed by atoms with Crippen LogP contribution in [0.4, 0.5) is 10.1 Å². The first-order valence-corrected chi connectivity index (χ1v) is 5.78. The van der Waals surface area contributed by atoms with Crippen LogP contribution in [0.5, 0.6) is 0 Å². The van der Waals surface area contributed by atoms with Crippen LogP contribution in [0.1, 0.15) is 16.1 Å². The lowest BCUT2D eigenvalue weighted by Gasteiger charge is -2.09. The molecule has 2 aromatic rings. The number of nitrogens with two attached hydrogens (primary N) is 1. The van der Waals surface area contributed by atoms with E-state index in [1.165, 1.54) is 22.9 Å². The van der Waals surface area contributed by atoms with Crippen molar-refractivity contribution in [3.8, 4) is 0 Å². The van der Waals surface area contributed by atoms with E-state index in [1.807, 2.05) is 0 Å². The average molecular weight is 278 g/mol. The van der Waals surface area contributed by atoms with Crippen molar-refractivity contribution in [2.24, 2.45) is 12.8 Å². The zero-order chi connectivity index (χ0) is 14.0. The molecule has 19 heavy (non-hydrogen) atoms. The summed E-state index contributed by atoms with van der Waals surface area (Å²) in [6.07, 6.45) is 1.65. The molecule has 0 bridgehead atoms. The highest BCUT2D eigenvalue weighted by molar-refractivity contribution is 7.80. The molecule has 98 valence electrons. The largest absolute Gasteiger partial charge is 0.389 e. The molecule has 5 nitrogen and oxygen atoms in total. The number of benzene rings is 1. The number of rotatable bonds is 3. The Hall–Kier alpha value is -2.28. The van der Waals surface area contributed by atoms with Crippen LogP contribution in [-0.4, -0.2) is 20.7 Å². The quantitative estimate of drug-likeness (QED) is 0.833. The average Bonchev–Trinajstić information content (AvgIpc) is 2.78. The van der Waals surface area contributed by atoms with Crippen molar-refractivity contribution in [3.63, 3.8) is 0 Å². The molecular formula is C12H11FN4OS. The highest BCUT2D eigenvalue weighted by Gasteiger charge is 2.13. The van der Waals surface area contributed by atoms with Crippen LogP contribution in [-0.2, 0) is 7.05 Å². The molecule has 0 aliphatic heterocycles. The van der Waals surface area contributed by atoms with Crippen molar-refractivity contribution in [2.45, 2.75) is 0 Å². The van der Waals surface area contributed by atoms with Gasteiger partial charge in [-0.2, -0.15) is 5.10 Å². The molecule has 0 aliphatic rings. The summed E-state index contributed by atoms with van der Waals surface area (Å²) < 4.78 is 14.6. The Kier molecular flexibility index (Phi) is 3.57. The number of anilines is 1. The fraction of sp³-hybridized carbons (Fsp3) is 0.0833. The maximum atomic E-state index is 13.1. The smallest absolute Gasteiger partial charge is 0.276 e. The molecule has 1 amide bonds. The Bertz CT molecular complexity index is 653. The lowest BCUT2D eigenvalue weighted by molar-refractivity contribution is 0.102. The number of carbonyl (C=O) groups excluding carboxylic acids is 1. The van der Waals surface area contributed by atoms with Crippen LogP contribution in [0.25, 0.3) is 0 Å². The Balaban J connectivity index is 2.28. The lowest BCUT2D eigenvalue weighted by Crippen LogP contribution is -2.18. The fourth-order valence-corrected chi connectivity index (χ4v) is 1.72. The van der Waals surface area contributed by atoms with Gasteiger partial charge in [0, 0.05) is 18.8 Å². The van der Waals surface area contributed by atoms with Gasteiger partial charge in [0.1, 0.15) is 10.8 Å². The topological polar surface area (TPSA) is 72.9 Å². The van der Waals surface area contributed by atoms with Crippen molar-refractivity contribution in [3.05, 3.63) is 47.5 Å². The molecule has 1 aromatic carbocycles. The molecule has 0 saturated heterocycles. The van der Waals surface area contributed by atoms with Gasteiger partial charge >= 0.3 is 0 Å². The number of nitrogens with one attached hydrogen (secondary N) is 1. The summed E-state index contributed by atoms with van der Waals surface area (Å²) in [5, 5.41) is 6.57. The second-order valence-corrected chi connectivity index (χ2v) is 4.32. The van der Waals surface area contributed by atoms with Crippen LogP contribution in [0.3, 0.4) is 0 Å². The van der Waals surface area contributed by atoms with Crippen LogP contribution in [0, 0.1) is 5.82 Å². The minimum absolute atomic E-state index is 0.0100. The number of nitrogens with zero attached hydrogens (tertiary/aromatic N) is 2. The summed E-state index contributed by atoms with van der Waals surface area (Å²) in [4.78, 5) is 11.9. The normalized spacial score (nSPS) is 10.2. The van der Waals surface area contributed by atoms with Crippen molar-refractivity contribution < 1.29 is 9.18 Å². The van der Waals surface area contributed by atoms with Gasteiger partial charge in [0.25, 0.3) is 5.91 Å².